The molecule has 1 aromatic heterocycles. The molecule has 2 heterocycles. The summed E-state index contributed by atoms with van der Waals surface area (Å²) in [5.74, 6) is -1.98. The van der Waals surface area contributed by atoms with Crippen molar-refractivity contribution in [2.75, 3.05) is 31.6 Å². The van der Waals surface area contributed by atoms with Gasteiger partial charge in [-0.2, -0.15) is 4.31 Å². The van der Waals surface area contributed by atoms with Crippen molar-refractivity contribution in [2.45, 2.75) is 37.7 Å². The number of fused-ring (bicyclic) bond motifs is 1. The minimum atomic E-state index is -4.31. The maximum atomic E-state index is 14.0. The number of nitrogens with two attached hydrogens (primary N) is 1. The molecule has 4 rings (SSSR count). The van der Waals surface area contributed by atoms with Crippen molar-refractivity contribution >= 4 is 56.0 Å². The summed E-state index contributed by atoms with van der Waals surface area (Å²) >= 11 is 6.32. The van der Waals surface area contributed by atoms with Crippen molar-refractivity contribution in [3.05, 3.63) is 53.2 Å². The van der Waals surface area contributed by atoms with E-state index in [1.807, 2.05) is 18.2 Å². The highest BCUT2D eigenvalue weighted by atomic mass is 35.5. The molecule has 0 aliphatic carbocycles. The summed E-state index contributed by atoms with van der Waals surface area (Å²) in [4.78, 5) is 38.8. The van der Waals surface area contributed by atoms with Crippen molar-refractivity contribution < 1.29 is 37.4 Å². The van der Waals surface area contributed by atoms with E-state index >= 15 is 0 Å². The number of aromatic amines is 1. The number of hydrogen-bond acceptors (Lipinski definition) is 7. The van der Waals surface area contributed by atoms with Gasteiger partial charge in [0.25, 0.3) is 5.91 Å². The van der Waals surface area contributed by atoms with Crippen LogP contribution in [0.2, 0.25) is 5.02 Å². The fourth-order valence-electron chi connectivity index (χ4n) is 4.72. The van der Waals surface area contributed by atoms with Gasteiger partial charge in [0.2, 0.25) is 15.9 Å². The van der Waals surface area contributed by atoms with E-state index in [-0.39, 0.29) is 71.3 Å². The Morgan fingerprint density at radius 3 is 2.59 bits per heavy atom. The van der Waals surface area contributed by atoms with Gasteiger partial charge in [-0.05, 0) is 29.7 Å². The second-order valence-electron chi connectivity index (χ2n) is 10.5. The number of aliphatic carboxylic acids is 1. The number of benzene rings is 2. The molecular formula is C27H31ClN4O8S. The van der Waals surface area contributed by atoms with Gasteiger partial charge in [0.1, 0.15) is 29.0 Å². The number of nitrogens with zero attached hydrogens (tertiary/aromatic N) is 1. The van der Waals surface area contributed by atoms with E-state index in [1.54, 1.807) is 26.0 Å². The summed E-state index contributed by atoms with van der Waals surface area (Å²) in [6, 6.07) is 11.8. The zero-order valence-electron chi connectivity index (χ0n) is 22.5. The van der Waals surface area contributed by atoms with Gasteiger partial charge in [-0.15, -0.1) is 0 Å². The lowest BCUT2D eigenvalue weighted by Crippen LogP contribution is -2.47. The highest BCUT2D eigenvalue weighted by molar-refractivity contribution is 7.89. The molecule has 0 radical (unpaired) electrons. The highest BCUT2D eigenvalue weighted by Crippen LogP contribution is 2.37. The number of halogens is 1. The number of para-hydroxylation sites is 1. The van der Waals surface area contributed by atoms with Crippen LogP contribution >= 0.6 is 11.6 Å². The molecule has 1 aliphatic heterocycles. The van der Waals surface area contributed by atoms with Gasteiger partial charge in [-0.3, -0.25) is 14.4 Å². The third-order valence-corrected chi connectivity index (χ3v) is 8.66. The third kappa shape index (κ3) is 7.17. The summed E-state index contributed by atoms with van der Waals surface area (Å²) in [7, 11) is -4.31. The normalized spacial score (nSPS) is 16.4. The molecule has 220 valence electrons. The zero-order chi connectivity index (χ0) is 29.9. The first-order chi connectivity index (χ1) is 19.3. The number of H-pyrrole nitrogens is 1. The fraction of sp³-hybridized carbons (Fsp3) is 0.370. The zero-order valence-corrected chi connectivity index (χ0v) is 24.0. The van der Waals surface area contributed by atoms with Crippen LogP contribution in [0.15, 0.2) is 47.4 Å². The molecule has 5 N–H and O–H groups in total. The van der Waals surface area contributed by atoms with E-state index in [4.69, 9.17) is 31.9 Å². The second-order valence-corrected chi connectivity index (χ2v) is 12.8. The van der Waals surface area contributed by atoms with Crippen LogP contribution < -0.4 is 15.8 Å². The predicted molar refractivity (Wildman–Crippen MR) is 152 cm³/mol. The van der Waals surface area contributed by atoms with Crippen molar-refractivity contribution in [2.24, 2.45) is 11.1 Å². The molecular weight excluding hydrogens is 576 g/mol. The summed E-state index contributed by atoms with van der Waals surface area (Å²) in [5, 5.41) is 11.9. The molecule has 0 unspecified atom stereocenters. The number of carboxylic acids is 1. The van der Waals surface area contributed by atoms with Crippen LogP contribution in [0.1, 0.15) is 37.2 Å². The summed E-state index contributed by atoms with van der Waals surface area (Å²) in [5.41, 5.74) is 4.61. The number of aromatic nitrogens is 1. The lowest BCUT2D eigenvalue weighted by Gasteiger charge is -2.32. The van der Waals surface area contributed by atoms with Gasteiger partial charge >= 0.3 is 5.97 Å². The van der Waals surface area contributed by atoms with Gasteiger partial charge in [-0.1, -0.05) is 43.6 Å². The van der Waals surface area contributed by atoms with E-state index in [0.717, 1.165) is 0 Å². The van der Waals surface area contributed by atoms with E-state index in [9.17, 15) is 22.8 Å². The van der Waals surface area contributed by atoms with Crippen molar-refractivity contribution in [3.8, 4) is 5.75 Å². The highest BCUT2D eigenvalue weighted by Gasteiger charge is 2.37. The Morgan fingerprint density at radius 2 is 1.93 bits per heavy atom. The maximum absolute atomic E-state index is 14.0. The van der Waals surface area contributed by atoms with Crippen molar-refractivity contribution in [1.82, 2.24) is 9.29 Å². The van der Waals surface area contributed by atoms with E-state index < -0.39 is 39.3 Å². The minimum absolute atomic E-state index is 0.0257. The molecule has 1 aliphatic rings. The van der Waals surface area contributed by atoms with E-state index in [0.29, 0.717) is 5.75 Å². The number of carbonyl (C=O) groups excluding carboxylic acids is 2. The summed E-state index contributed by atoms with van der Waals surface area (Å²) in [6.07, 6.45) is -0.949. The van der Waals surface area contributed by atoms with Gasteiger partial charge in [0, 0.05) is 29.9 Å². The Bertz CT molecular complexity index is 1570. The number of carbonyl (C=O) groups is 3. The molecule has 0 saturated carbocycles. The van der Waals surface area contributed by atoms with Gasteiger partial charge in [0.05, 0.1) is 24.2 Å². The quantitative estimate of drug-likeness (QED) is 0.257. The lowest BCUT2D eigenvalue weighted by molar-refractivity contribution is -0.139. The number of nitrogens with one attached hydrogen (secondary N) is 2. The molecule has 12 nitrogen and oxygen atoms in total. The van der Waals surface area contributed by atoms with E-state index in [1.165, 1.54) is 16.4 Å². The number of rotatable bonds is 11. The number of carboxylic acid groups (broad SMARTS) is 1. The largest absolute Gasteiger partial charge is 0.491 e. The molecule has 0 spiro atoms. The third-order valence-electron chi connectivity index (χ3n) is 6.49. The first kappa shape index (κ1) is 30.3. The van der Waals surface area contributed by atoms with Crippen LogP contribution in [-0.2, 0) is 24.3 Å². The molecule has 14 heteroatoms. The smallest absolute Gasteiger partial charge is 0.303 e. The van der Waals surface area contributed by atoms with Gasteiger partial charge < -0.3 is 30.6 Å². The molecule has 2 aromatic carbocycles. The van der Waals surface area contributed by atoms with E-state index in [2.05, 4.69) is 10.3 Å². The Hall–Kier alpha value is -3.65. The molecule has 1 saturated heterocycles. The second kappa shape index (κ2) is 12.1. The Labute approximate surface area is 241 Å². The number of amides is 2. The average Bonchev–Trinajstić information content (AvgIpc) is 3.28. The molecule has 41 heavy (non-hydrogen) atoms. The summed E-state index contributed by atoms with van der Waals surface area (Å²) < 4.78 is 40.6. The standard InChI is InChI=1S/C27H31ClN4O8S/c1-27(2,13-22(34)35)12-21(33)30-20-11-16(28)10-19-23(20)31-24(26(29)36)25(19)41(37,38)32-8-9-39-18(14-32)15-40-17-6-4-3-5-7-17/h3-7,10-11,18,31H,8-9,12-15H2,1-2H3,(H2,29,36)(H,30,33)(H,34,35)/t18-/m0/s1. The SMILES string of the molecule is CC(C)(CC(=O)O)CC(=O)Nc1cc(Cl)cc2c(S(=O)(=O)N3CCO[C@H](COc4ccccc4)C3)c(C(N)=O)[nH]c12. The van der Waals surface area contributed by atoms with Crippen LogP contribution in [0.25, 0.3) is 10.9 Å². The number of hydrogen-bond donors (Lipinski definition) is 4. The fourth-order valence-corrected chi connectivity index (χ4v) is 6.73. The van der Waals surface area contributed by atoms with Gasteiger partial charge in [0.15, 0.2) is 0 Å². The predicted octanol–water partition coefficient (Wildman–Crippen LogP) is 3.22. The number of sulfonamides is 1. The molecule has 1 fully saturated rings. The monoisotopic (exact) mass is 606 g/mol. The number of primary amides is 1. The van der Waals surface area contributed by atoms with Crippen molar-refractivity contribution in [1.29, 1.82) is 0 Å². The number of morpholine rings is 1. The van der Waals surface area contributed by atoms with Crippen LogP contribution in [0.3, 0.4) is 0 Å². The molecule has 0 bridgehead atoms. The van der Waals surface area contributed by atoms with Crippen LogP contribution in [0, 0.1) is 5.41 Å². The van der Waals surface area contributed by atoms with Crippen LogP contribution in [0.5, 0.6) is 5.75 Å². The summed E-state index contributed by atoms with van der Waals surface area (Å²) in [6.45, 7) is 3.47. The molecule has 2 amide bonds. The minimum Gasteiger partial charge on any atom is -0.491 e. The molecule has 1 atom stereocenters. The molecule has 3 aromatic rings. The lowest BCUT2D eigenvalue weighted by atomic mass is 9.85. The topological polar surface area (TPSA) is 181 Å². The number of anilines is 1. The first-order valence-corrected chi connectivity index (χ1v) is 14.5. The Balaban J connectivity index is 1.65. The van der Waals surface area contributed by atoms with Crippen LogP contribution in [0.4, 0.5) is 5.69 Å². The van der Waals surface area contributed by atoms with Crippen LogP contribution in [-0.4, -0.2) is 73.0 Å². The van der Waals surface area contributed by atoms with Gasteiger partial charge in [-0.25, -0.2) is 8.42 Å². The average molecular weight is 607 g/mol. The Morgan fingerprint density at radius 1 is 1.22 bits per heavy atom. The first-order valence-electron chi connectivity index (χ1n) is 12.7. The maximum Gasteiger partial charge on any atom is 0.303 e. The number of ether oxygens (including phenoxy) is 2. The Kier molecular flexibility index (Phi) is 8.92. The van der Waals surface area contributed by atoms with Crippen molar-refractivity contribution in [3.63, 3.8) is 0 Å².